The summed E-state index contributed by atoms with van der Waals surface area (Å²) in [5, 5.41) is 2.85. The van der Waals surface area contributed by atoms with Crippen LogP contribution in [0.3, 0.4) is 0 Å². The molecule has 2 aromatic carbocycles. The van der Waals surface area contributed by atoms with Gasteiger partial charge in [0.15, 0.2) is 0 Å². The monoisotopic (exact) mass is 391 g/mol. The summed E-state index contributed by atoms with van der Waals surface area (Å²) >= 11 is 0. The zero-order valence-corrected chi connectivity index (χ0v) is 16.7. The van der Waals surface area contributed by atoms with Gasteiger partial charge in [0.05, 0.1) is 12.0 Å². The molecule has 0 saturated carbocycles. The molecule has 1 amide bonds. The summed E-state index contributed by atoms with van der Waals surface area (Å²) in [4.78, 5) is 19.3. The van der Waals surface area contributed by atoms with Gasteiger partial charge >= 0.3 is 0 Å². The second-order valence-corrected chi connectivity index (χ2v) is 8.07. The van der Waals surface area contributed by atoms with Gasteiger partial charge < -0.3 is 10.2 Å². The van der Waals surface area contributed by atoms with Crippen molar-refractivity contribution in [3.63, 3.8) is 0 Å². The van der Waals surface area contributed by atoms with Crippen LogP contribution in [0.25, 0.3) is 0 Å². The lowest BCUT2D eigenvalue weighted by Gasteiger charge is -2.27. The van der Waals surface area contributed by atoms with Crippen LogP contribution >= 0.6 is 0 Å². The predicted molar refractivity (Wildman–Crippen MR) is 105 cm³/mol. The molecule has 2 aromatic rings. The van der Waals surface area contributed by atoms with E-state index in [1.54, 1.807) is 6.07 Å². The molecule has 1 atom stereocenters. The Balaban J connectivity index is 2.05. The van der Waals surface area contributed by atoms with E-state index in [1.165, 1.54) is 32.4 Å². The van der Waals surface area contributed by atoms with E-state index in [2.05, 4.69) is 10.2 Å². The molecule has 0 bridgehead atoms. The molecule has 2 rings (SSSR count). The number of hydrogen-bond acceptors (Lipinski definition) is 5. The van der Waals surface area contributed by atoms with Crippen molar-refractivity contribution in [2.75, 3.05) is 32.6 Å². The van der Waals surface area contributed by atoms with Crippen molar-refractivity contribution < 1.29 is 18.0 Å². The summed E-state index contributed by atoms with van der Waals surface area (Å²) in [6.07, 6.45) is 0. The van der Waals surface area contributed by atoms with Gasteiger partial charge in [0.2, 0.25) is 0 Å². The number of carbonyl (C=O) groups excluding carboxylic acids is 1. The standard InChI is InChI=1S/C19H25N3O4S/c1-15(21(2)17-10-6-5-7-11-17)14-20-19(23)16-9-8-12-18(13-16)27(24,25)22(3)26-4/h5-13,15H,14H2,1-4H3,(H,20,23). The second kappa shape index (κ2) is 8.98. The number of amides is 1. The lowest BCUT2D eigenvalue weighted by molar-refractivity contribution is -0.0258. The molecular weight excluding hydrogens is 366 g/mol. The van der Waals surface area contributed by atoms with Crippen LogP contribution < -0.4 is 10.2 Å². The van der Waals surface area contributed by atoms with Gasteiger partial charge in [-0.2, -0.15) is 0 Å². The number of hydroxylamine groups is 1. The Hall–Kier alpha value is -2.42. The van der Waals surface area contributed by atoms with Crippen molar-refractivity contribution in [2.24, 2.45) is 0 Å². The Morgan fingerprint density at radius 1 is 1.11 bits per heavy atom. The largest absolute Gasteiger partial charge is 0.370 e. The van der Waals surface area contributed by atoms with Crippen molar-refractivity contribution >= 4 is 21.6 Å². The third-order valence-corrected chi connectivity index (χ3v) is 6.05. The minimum Gasteiger partial charge on any atom is -0.370 e. The van der Waals surface area contributed by atoms with E-state index >= 15 is 0 Å². The Bertz CT molecular complexity index is 872. The van der Waals surface area contributed by atoms with E-state index in [1.807, 2.05) is 44.3 Å². The van der Waals surface area contributed by atoms with Crippen molar-refractivity contribution in [3.8, 4) is 0 Å². The molecule has 0 aliphatic carbocycles. The number of benzene rings is 2. The zero-order valence-electron chi connectivity index (χ0n) is 15.9. The Morgan fingerprint density at radius 3 is 2.41 bits per heavy atom. The van der Waals surface area contributed by atoms with Gasteiger partial charge in [0.1, 0.15) is 0 Å². The smallest absolute Gasteiger partial charge is 0.264 e. The van der Waals surface area contributed by atoms with Crippen LogP contribution in [0, 0.1) is 0 Å². The third-order valence-electron chi connectivity index (χ3n) is 4.37. The van der Waals surface area contributed by atoms with Crippen LogP contribution in [0.2, 0.25) is 0 Å². The molecule has 0 saturated heterocycles. The quantitative estimate of drug-likeness (QED) is 0.698. The highest BCUT2D eigenvalue weighted by Crippen LogP contribution is 2.16. The topological polar surface area (TPSA) is 78.9 Å². The van der Waals surface area contributed by atoms with Crippen molar-refractivity contribution in [1.29, 1.82) is 0 Å². The highest BCUT2D eigenvalue weighted by atomic mass is 32.2. The summed E-state index contributed by atoms with van der Waals surface area (Å²) in [6, 6.07) is 15.8. The molecule has 1 N–H and O–H groups in total. The minimum atomic E-state index is -3.80. The molecule has 0 heterocycles. The minimum absolute atomic E-state index is 0.00560. The predicted octanol–water partition coefficient (Wildman–Crippen LogP) is 2.12. The lowest BCUT2D eigenvalue weighted by atomic mass is 10.2. The van der Waals surface area contributed by atoms with E-state index in [0.717, 1.165) is 10.2 Å². The van der Waals surface area contributed by atoms with E-state index in [0.29, 0.717) is 6.54 Å². The molecule has 27 heavy (non-hydrogen) atoms. The first-order chi connectivity index (χ1) is 12.8. The fourth-order valence-corrected chi connectivity index (χ4v) is 3.46. The normalized spacial score (nSPS) is 12.6. The van der Waals surface area contributed by atoms with Gasteiger partial charge in [0.25, 0.3) is 15.9 Å². The molecule has 0 aliphatic rings. The zero-order chi connectivity index (χ0) is 20.0. The van der Waals surface area contributed by atoms with E-state index in [-0.39, 0.29) is 22.4 Å². The van der Waals surface area contributed by atoms with Crippen LogP contribution in [0.4, 0.5) is 5.69 Å². The van der Waals surface area contributed by atoms with E-state index < -0.39 is 10.0 Å². The number of para-hydroxylation sites is 1. The molecule has 0 radical (unpaired) electrons. The molecule has 8 heteroatoms. The number of nitrogens with zero attached hydrogens (tertiary/aromatic N) is 2. The number of likely N-dealkylation sites (N-methyl/N-ethyl adjacent to an activating group) is 1. The van der Waals surface area contributed by atoms with Crippen LogP contribution in [0.15, 0.2) is 59.5 Å². The number of hydrogen-bond donors (Lipinski definition) is 1. The average molecular weight is 391 g/mol. The SMILES string of the molecule is CON(C)S(=O)(=O)c1cccc(C(=O)NCC(C)N(C)c2ccccc2)c1. The van der Waals surface area contributed by atoms with Gasteiger partial charge in [-0.3, -0.25) is 9.63 Å². The average Bonchev–Trinajstić information content (AvgIpc) is 2.71. The van der Waals surface area contributed by atoms with Gasteiger partial charge in [-0.25, -0.2) is 8.42 Å². The molecule has 0 fully saturated rings. The highest BCUT2D eigenvalue weighted by molar-refractivity contribution is 7.89. The summed E-state index contributed by atoms with van der Waals surface area (Å²) in [5.41, 5.74) is 1.32. The van der Waals surface area contributed by atoms with Crippen LogP contribution in [0.1, 0.15) is 17.3 Å². The summed E-state index contributed by atoms with van der Waals surface area (Å²) in [6.45, 7) is 2.42. The number of nitrogens with one attached hydrogen (secondary N) is 1. The first-order valence-electron chi connectivity index (χ1n) is 8.46. The number of rotatable bonds is 8. The van der Waals surface area contributed by atoms with Crippen molar-refractivity contribution in [2.45, 2.75) is 17.9 Å². The van der Waals surface area contributed by atoms with Gasteiger partial charge in [-0.05, 0) is 37.3 Å². The number of sulfonamides is 1. The lowest BCUT2D eigenvalue weighted by Crippen LogP contribution is -2.40. The molecule has 7 nitrogen and oxygen atoms in total. The number of carbonyl (C=O) groups is 1. The first-order valence-corrected chi connectivity index (χ1v) is 9.90. The Kier molecular flexibility index (Phi) is 6.95. The molecule has 0 spiro atoms. The van der Waals surface area contributed by atoms with Gasteiger partial charge in [-0.15, -0.1) is 0 Å². The summed E-state index contributed by atoms with van der Waals surface area (Å²) in [5.74, 6) is -0.333. The maximum Gasteiger partial charge on any atom is 0.264 e. The van der Waals surface area contributed by atoms with Crippen LogP contribution in [0.5, 0.6) is 0 Å². The van der Waals surface area contributed by atoms with Crippen molar-refractivity contribution in [3.05, 3.63) is 60.2 Å². The van der Waals surface area contributed by atoms with E-state index in [4.69, 9.17) is 4.84 Å². The Labute approximate surface area is 160 Å². The molecule has 1 unspecified atom stereocenters. The molecule has 0 aromatic heterocycles. The van der Waals surface area contributed by atoms with Crippen LogP contribution in [-0.4, -0.2) is 52.6 Å². The number of anilines is 1. The summed E-state index contributed by atoms with van der Waals surface area (Å²) < 4.78 is 25.4. The molecule has 146 valence electrons. The third kappa shape index (κ3) is 5.06. The maximum absolute atomic E-state index is 12.5. The fourth-order valence-electron chi connectivity index (χ4n) is 2.44. The first kappa shape index (κ1) is 20.9. The van der Waals surface area contributed by atoms with E-state index in [9.17, 15) is 13.2 Å². The molecule has 0 aliphatic heterocycles. The van der Waals surface area contributed by atoms with Gasteiger partial charge in [-0.1, -0.05) is 28.7 Å². The summed E-state index contributed by atoms with van der Waals surface area (Å²) in [7, 11) is 0.713. The van der Waals surface area contributed by atoms with Gasteiger partial charge in [0, 0.05) is 37.9 Å². The second-order valence-electron chi connectivity index (χ2n) is 6.13. The maximum atomic E-state index is 12.5. The molecular formula is C19H25N3O4S. The van der Waals surface area contributed by atoms with Crippen molar-refractivity contribution in [1.82, 2.24) is 9.79 Å². The van der Waals surface area contributed by atoms with Crippen LogP contribution in [-0.2, 0) is 14.9 Å². The fraction of sp³-hybridized carbons (Fsp3) is 0.316. The highest BCUT2D eigenvalue weighted by Gasteiger charge is 2.22. The Morgan fingerprint density at radius 2 is 1.78 bits per heavy atom.